The maximum atomic E-state index is 13.1. The fourth-order valence-corrected chi connectivity index (χ4v) is 2.77. The molecule has 0 aliphatic carbocycles. The topological polar surface area (TPSA) is 87.7 Å². The van der Waals surface area contributed by atoms with Gasteiger partial charge < -0.3 is 15.4 Å². The summed E-state index contributed by atoms with van der Waals surface area (Å²) < 4.78 is 5.19. The Morgan fingerprint density at radius 1 is 1.19 bits per heavy atom. The molecule has 0 heterocycles. The molecular weight excluding hydrogens is 394 g/mol. The monoisotopic (exact) mass is 425 g/mol. The summed E-state index contributed by atoms with van der Waals surface area (Å²) in [6.45, 7) is 9.03. The van der Waals surface area contributed by atoms with Crippen molar-refractivity contribution >= 4 is 17.9 Å². The van der Waals surface area contributed by atoms with Crippen molar-refractivity contribution in [2.24, 2.45) is 0 Å². The molecule has 0 saturated carbocycles. The molecule has 0 fully saturated rings. The Morgan fingerprint density at radius 2 is 1.84 bits per heavy atom. The van der Waals surface area contributed by atoms with Gasteiger partial charge in [0.25, 0.3) is 5.91 Å². The summed E-state index contributed by atoms with van der Waals surface area (Å²) in [6.07, 6.45) is 12.1. The van der Waals surface area contributed by atoms with E-state index in [-0.39, 0.29) is 0 Å². The average Bonchev–Trinajstić information content (AvgIpc) is 2.70. The lowest BCUT2D eigenvalue weighted by atomic mass is 9.98. The Hall–Kier alpha value is -3.45. The Labute approximate surface area is 184 Å². The van der Waals surface area contributed by atoms with Crippen LogP contribution in [-0.2, 0) is 14.3 Å². The van der Waals surface area contributed by atoms with Crippen LogP contribution in [0.15, 0.2) is 24.3 Å². The number of hydrogen-bond donors (Lipinski definition) is 2. The largest absolute Gasteiger partial charge is 0.444 e. The van der Waals surface area contributed by atoms with Crippen LogP contribution in [0.4, 0.5) is 4.79 Å². The van der Waals surface area contributed by atoms with E-state index in [1.165, 1.54) is 6.92 Å². The second-order valence-electron chi connectivity index (χ2n) is 7.98. The molecule has 7 heteroatoms. The number of rotatable bonds is 8. The van der Waals surface area contributed by atoms with Crippen LogP contribution in [0.5, 0.6) is 0 Å². The Morgan fingerprint density at radius 3 is 2.39 bits per heavy atom. The molecule has 1 aromatic rings. The lowest BCUT2D eigenvalue weighted by molar-refractivity contribution is -0.138. The van der Waals surface area contributed by atoms with Crippen LogP contribution in [0.25, 0.3) is 0 Å². The van der Waals surface area contributed by atoms with Crippen molar-refractivity contribution < 1.29 is 19.1 Å². The van der Waals surface area contributed by atoms with Gasteiger partial charge in [-0.3, -0.25) is 14.5 Å². The van der Waals surface area contributed by atoms with Gasteiger partial charge >= 0.3 is 6.09 Å². The molecule has 7 nitrogen and oxygen atoms in total. The van der Waals surface area contributed by atoms with E-state index >= 15 is 0 Å². The Bertz CT molecular complexity index is 874. The van der Waals surface area contributed by atoms with Crippen molar-refractivity contribution in [1.29, 1.82) is 0 Å². The highest BCUT2D eigenvalue weighted by Gasteiger charge is 2.35. The highest BCUT2D eigenvalue weighted by Crippen LogP contribution is 2.25. The van der Waals surface area contributed by atoms with E-state index in [9.17, 15) is 14.4 Å². The molecule has 0 aliphatic rings. The van der Waals surface area contributed by atoms with Crippen LogP contribution in [0.1, 0.15) is 64.6 Å². The highest BCUT2D eigenvalue weighted by molar-refractivity contribution is 5.93. The van der Waals surface area contributed by atoms with Crippen molar-refractivity contribution in [1.82, 2.24) is 15.5 Å². The molecule has 0 spiro atoms. The van der Waals surface area contributed by atoms with Crippen LogP contribution < -0.4 is 10.6 Å². The summed E-state index contributed by atoms with van der Waals surface area (Å²) in [5.74, 6) is 1.43. The van der Waals surface area contributed by atoms with E-state index < -0.39 is 35.6 Å². The maximum absolute atomic E-state index is 13.1. The maximum Gasteiger partial charge on any atom is 0.408 e. The summed E-state index contributed by atoms with van der Waals surface area (Å²) in [6, 6.07) is 6.88. The number of benzene rings is 1. The first-order valence-corrected chi connectivity index (χ1v) is 10.2. The van der Waals surface area contributed by atoms with Crippen LogP contribution in [-0.4, -0.2) is 41.0 Å². The van der Waals surface area contributed by atoms with Crippen molar-refractivity contribution in [2.75, 3.05) is 6.54 Å². The molecule has 31 heavy (non-hydrogen) atoms. The van der Waals surface area contributed by atoms with Crippen molar-refractivity contribution in [2.45, 2.75) is 65.1 Å². The van der Waals surface area contributed by atoms with Gasteiger partial charge in [0.05, 0.1) is 0 Å². The zero-order valence-electron chi connectivity index (χ0n) is 18.8. The Kier molecular flexibility index (Phi) is 9.63. The van der Waals surface area contributed by atoms with Gasteiger partial charge in [0.2, 0.25) is 5.91 Å². The fraction of sp³-hybridized carbons (Fsp3) is 0.458. The van der Waals surface area contributed by atoms with Crippen molar-refractivity contribution in [3.8, 4) is 24.8 Å². The van der Waals surface area contributed by atoms with Gasteiger partial charge in [-0.15, -0.1) is 6.42 Å². The predicted molar refractivity (Wildman–Crippen MR) is 120 cm³/mol. The van der Waals surface area contributed by atoms with Gasteiger partial charge in [0, 0.05) is 23.7 Å². The molecule has 0 aliphatic heterocycles. The summed E-state index contributed by atoms with van der Waals surface area (Å²) in [7, 11) is 0. The molecule has 166 valence electrons. The van der Waals surface area contributed by atoms with Gasteiger partial charge in [-0.05, 0) is 40.2 Å². The molecule has 0 bridgehead atoms. The predicted octanol–water partition coefficient (Wildman–Crippen LogP) is 2.96. The van der Waals surface area contributed by atoms with E-state index in [1.54, 1.807) is 45.0 Å². The minimum Gasteiger partial charge on any atom is -0.444 e. The average molecular weight is 426 g/mol. The van der Waals surface area contributed by atoms with Gasteiger partial charge in [0.1, 0.15) is 17.7 Å². The minimum atomic E-state index is -1.15. The first-order chi connectivity index (χ1) is 14.6. The lowest BCUT2D eigenvalue weighted by Crippen LogP contribution is -2.50. The first-order valence-electron chi connectivity index (χ1n) is 10.2. The molecule has 2 atom stereocenters. The fourth-order valence-electron chi connectivity index (χ4n) is 2.77. The first kappa shape index (κ1) is 25.6. The molecular formula is C24H31N3O4. The third-order valence-corrected chi connectivity index (χ3v) is 4.23. The molecule has 0 saturated heterocycles. The van der Waals surface area contributed by atoms with E-state index in [2.05, 4.69) is 22.6 Å². The van der Waals surface area contributed by atoms with E-state index in [4.69, 9.17) is 17.6 Å². The number of carbonyl (C=O) groups excluding carboxylic acids is 3. The van der Waals surface area contributed by atoms with Gasteiger partial charge in [-0.25, -0.2) is 4.79 Å². The SMILES string of the molecule is C#Cc1ccccc1C(C(=O)NCCCC)N(C#C)C(=O)C(C)NC(=O)OC(C)(C)C. The molecule has 1 rings (SSSR count). The standard InChI is InChI=1S/C24H31N3O4/c1-8-11-16-25-21(28)20(19-15-13-12-14-18(19)9-2)27(10-3)22(29)17(4)26-23(30)31-24(5,6)7/h2-3,12-15,17,20H,8,11,16H2,1,4-7H3,(H,25,28)(H,26,30). The normalized spacial score (nSPS) is 12.5. The summed E-state index contributed by atoms with van der Waals surface area (Å²) >= 11 is 0. The van der Waals surface area contributed by atoms with Crippen molar-refractivity contribution in [3.63, 3.8) is 0 Å². The van der Waals surface area contributed by atoms with Gasteiger partial charge in [-0.1, -0.05) is 43.9 Å². The molecule has 2 N–H and O–H groups in total. The molecule has 0 radical (unpaired) electrons. The number of terminal acetylenes is 2. The molecule has 3 amide bonds. The second-order valence-corrected chi connectivity index (χ2v) is 7.98. The zero-order valence-corrected chi connectivity index (χ0v) is 18.8. The third kappa shape index (κ3) is 7.71. The van der Waals surface area contributed by atoms with E-state index in [0.29, 0.717) is 17.7 Å². The van der Waals surface area contributed by atoms with Gasteiger partial charge in [0.15, 0.2) is 0 Å². The molecule has 2 unspecified atom stereocenters. The smallest absolute Gasteiger partial charge is 0.408 e. The third-order valence-electron chi connectivity index (χ3n) is 4.23. The van der Waals surface area contributed by atoms with Gasteiger partial charge in [-0.2, -0.15) is 0 Å². The van der Waals surface area contributed by atoms with Crippen LogP contribution in [0.3, 0.4) is 0 Å². The van der Waals surface area contributed by atoms with E-state index in [1.807, 2.05) is 6.92 Å². The number of hydrogen-bond acceptors (Lipinski definition) is 4. The van der Waals surface area contributed by atoms with Crippen molar-refractivity contribution in [3.05, 3.63) is 35.4 Å². The summed E-state index contributed by atoms with van der Waals surface area (Å²) in [5.41, 5.74) is 0.139. The van der Waals surface area contributed by atoms with Crippen LogP contribution in [0.2, 0.25) is 0 Å². The number of nitrogens with zero attached hydrogens (tertiary/aromatic N) is 1. The number of amides is 3. The lowest BCUT2D eigenvalue weighted by Gasteiger charge is -2.29. The van der Waals surface area contributed by atoms with Crippen LogP contribution in [0, 0.1) is 24.8 Å². The zero-order chi connectivity index (χ0) is 23.6. The summed E-state index contributed by atoms with van der Waals surface area (Å²) in [5, 5.41) is 5.26. The highest BCUT2D eigenvalue weighted by atomic mass is 16.6. The number of unbranched alkanes of at least 4 members (excludes halogenated alkanes) is 1. The number of carbonyl (C=O) groups is 3. The van der Waals surface area contributed by atoms with E-state index in [0.717, 1.165) is 17.7 Å². The second kappa shape index (κ2) is 11.7. The quantitative estimate of drug-likeness (QED) is 0.381. The Balaban J connectivity index is 3.23. The summed E-state index contributed by atoms with van der Waals surface area (Å²) in [4.78, 5) is 39.2. The number of ether oxygens (including phenoxy) is 1. The van der Waals surface area contributed by atoms with Crippen LogP contribution >= 0.6 is 0 Å². The number of nitrogens with one attached hydrogen (secondary N) is 2. The molecule has 1 aromatic carbocycles. The molecule has 0 aromatic heterocycles. The number of alkyl carbamates (subject to hydrolysis) is 1. The minimum absolute atomic E-state index is 0.426.